The van der Waals surface area contributed by atoms with Crippen molar-refractivity contribution < 1.29 is 110 Å². The molecule has 3 heterocycles. The standard InChI is InChI=1S/C68H68O24/c1-38(69)78-28-27-51-61(91-68-66(87-43(6)74)65(86-42(5)73)62(84-40(3)71)55(90-68)37-79-39(2)70)64(85-41(4)72)58(77)67(89-51)92-63-57(76)56-50(75)31-49(80-33-44-19-11-7-12-20-44)32-52(56)88-59(63)48-29-53(81-34-45-21-13-8-14-22-45)60(83-36-47-25-17-10-18-26-47)54(30-48)82-35-46-23-15-9-16-24-46/h7-26,29-32,51,55,58,61-62,64-68,75,77H,27-28,33-37H2,1-6H3/t51-,55-,58-,61-,62+,64-,65+,66-,67+,68+/m1/s1. The number of esters is 6. The topological polar surface area (TPSA) is 302 Å². The lowest BCUT2D eigenvalue weighted by Gasteiger charge is -2.48. The fourth-order valence-electron chi connectivity index (χ4n) is 10.2. The maximum atomic E-state index is 15.6. The van der Waals surface area contributed by atoms with Crippen LogP contribution in [0.5, 0.6) is 34.5 Å². The van der Waals surface area contributed by atoms with Crippen molar-refractivity contribution in [2.45, 2.75) is 136 Å². The first-order valence-electron chi connectivity index (χ1n) is 29.2. The lowest BCUT2D eigenvalue weighted by Crippen LogP contribution is -2.66. The number of rotatable bonds is 26. The van der Waals surface area contributed by atoms with Gasteiger partial charge in [0.05, 0.1) is 12.7 Å². The summed E-state index contributed by atoms with van der Waals surface area (Å²) in [7, 11) is 0. The van der Waals surface area contributed by atoms with Crippen molar-refractivity contribution in [1.29, 1.82) is 0 Å². The summed E-state index contributed by atoms with van der Waals surface area (Å²) in [4.78, 5) is 91.7. The Balaban J connectivity index is 1.20. The quantitative estimate of drug-likeness (QED) is 0.0380. The first-order valence-corrected chi connectivity index (χ1v) is 29.2. The van der Waals surface area contributed by atoms with Crippen LogP contribution in [0.1, 0.15) is 70.2 Å². The molecule has 0 spiro atoms. The van der Waals surface area contributed by atoms with Crippen LogP contribution in [0.3, 0.4) is 0 Å². The molecule has 10 atom stereocenters. The summed E-state index contributed by atoms with van der Waals surface area (Å²) in [6, 6.07) is 42.7. The van der Waals surface area contributed by atoms with E-state index < -0.39 is 133 Å². The average Bonchev–Trinajstić information content (AvgIpc) is 0.788. The smallest absolute Gasteiger partial charge is 0.303 e. The number of ether oxygens (including phenoxy) is 14. The van der Waals surface area contributed by atoms with E-state index in [-0.39, 0.29) is 72.8 Å². The molecule has 2 aliphatic heterocycles. The number of fused-ring (bicyclic) bond motifs is 1. The number of benzene rings is 6. The van der Waals surface area contributed by atoms with Crippen LogP contribution in [0.2, 0.25) is 0 Å². The van der Waals surface area contributed by atoms with E-state index >= 15 is 4.79 Å². The summed E-state index contributed by atoms with van der Waals surface area (Å²) in [6.45, 7) is 5.31. The molecule has 0 bridgehead atoms. The zero-order valence-electron chi connectivity index (χ0n) is 51.0. The fourth-order valence-corrected chi connectivity index (χ4v) is 10.2. The van der Waals surface area contributed by atoms with Crippen molar-refractivity contribution >= 4 is 46.8 Å². The second-order valence-electron chi connectivity index (χ2n) is 21.3. The summed E-state index contributed by atoms with van der Waals surface area (Å²) >= 11 is 0. The highest BCUT2D eigenvalue weighted by Gasteiger charge is 2.57. The van der Waals surface area contributed by atoms with Crippen molar-refractivity contribution in [1.82, 2.24) is 0 Å². The van der Waals surface area contributed by atoms with Gasteiger partial charge in [-0.1, -0.05) is 121 Å². The van der Waals surface area contributed by atoms with E-state index in [1.165, 1.54) is 24.3 Å². The zero-order chi connectivity index (χ0) is 65.4. The Labute approximate surface area is 527 Å². The molecule has 6 aromatic carbocycles. The minimum absolute atomic E-state index is 0.000289. The summed E-state index contributed by atoms with van der Waals surface area (Å²) < 4.78 is 91.8. The highest BCUT2D eigenvalue weighted by atomic mass is 16.8. The maximum absolute atomic E-state index is 15.6. The van der Waals surface area contributed by atoms with Crippen LogP contribution >= 0.6 is 0 Å². The Morgan fingerprint density at radius 1 is 0.478 bits per heavy atom. The molecule has 2 N–H and O–H groups in total. The summed E-state index contributed by atoms with van der Waals surface area (Å²) in [6.07, 6.45) is -18.5. The Hall–Kier alpha value is -10.0. The second kappa shape index (κ2) is 31.1. The Bertz CT molecular complexity index is 3680. The van der Waals surface area contributed by atoms with Crippen molar-refractivity contribution in [3.8, 4) is 45.8 Å². The molecular formula is C68H68O24. The fraction of sp³-hybridized carbons (Fsp3) is 0.338. The van der Waals surface area contributed by atoms with Gasteiger partial charge in [-0.2, -0.15) is 0 Å². The molecule has 0 radical (unpaired) electrons. The number of carbonyl (C=O) groups excluding carboxylic acids is 6. The normalized spacial score (nSPS) is 20.9. The molecular weight excluding hydrogens is 1200 g/mol. The van der Waals surface area contributed by atoms with Crippen LogP contribution in [0.15, 0.2) is 155 Å². The highest BCUT2D eigenvalue weighted by molar-refractivity contribution is 5.89. The van der Waals surface area contributed by atoms with Crippen LogP contribution in [0.25, 0.3) is 22.3 Å². The average molecular weight is 1270 g/mol. The van der Waals surface area contributed by atoms with E-state index in [0.29, 0.717) is 0 Å². The molecule has 2 fully saturated rings. The minimum atomic E-state index is -2.19. The third-order valence-corrected chi connectivity index (χ3v) is 14.2. The van der Waals surface area contributed by atoms with Crippen LogP contribution in [0.4, 0.5) is 0 Å². The Morgan fingerprint density at radius 3 is 1.46 bits per heavy atom. The number of aliphatic hydroxyl groups excluding tert-OH is 1. The predicted octanol–water partition coefficient (Wildman–Crippen LogP) is 8.30. The molecule has 2 aliphatic rings. The van der Waals surface area contributed by atoms with Crippen molar-refractivity contribution in [3.05, 3.63) is 178 Å². The minimum Gasteiger partial charge on any atom is -0.507 e. The van der Waals surface area contributed by atoms with Gasteiger partial charge in [-0.3, -0.25) is 33.6 Å². The van der Waals surface area contributed by atoms with Gasteiger partial charge >= 0.3 is 35.8 Å². The number of hydrogen-bond donors (Lipinski definition) is 2. The summed E-state index contributed by atoms with van der Waals surface area (Å²) in [5.41, 5.74) is 1.94. The van der Waals surface area contributed by atoms with Gasteiger partial charge in [0.15, 0.2) is 54.1 Å². The lowest BCUT2D eigenvalue weighted by atomic mass is 9.94. The molecule has 92 heavy (non-hydrogen) atoms. The van der Waals surface area contributed by atoms with Crippen LogP contribution in [-0.4, -0.2) is 121 Å². The van der Waals surface area contributed by atoms with E-state index in [0.717, 1.165) is 63.8 Å². The number of carbonyl (C=O) groups is 6. The van der Waals surface area contributed by atoms with Gasteiger partial charge in [-0.05, 0) is 34.4 Å². The van der Waals surface area contributed by atoms with Crippen molar-refractivity contribution in [2.75, 3.05) is 13.2 Å². The molecule has 484 valence electrons. The number of hydrogen-bond acceptors (Lipinski definition) is 24. The molecule has 0 saturated carbocycles. The van der Waals surface area contributed by atoms with E-state index in [4.69, 9.17) is 70.7 Å². The SMILES string of the molecule is CC(=O)OCC[C@H]1O[C@@H](Oc2c(-c3cc(OCc4ccccc4)c(OCc4ccccc4)c(OCc4ccccc4)c3)oc3cc(OCc4ccccc4)cc(O)c3c2=O)[C@H](O)[C@@H](OC(C)=O)[C@@H]1O[C@@H]1O[C@H](COC(C)=O)[C@H](OC(C)=O)[C@H](OC(C)=O)[C@H]1OC(C)=O. The van der Waals surface area contributed by atoms with Gasteiger partial charge in [-0.25, -0.2) is 0 Å². The van der Waals surface area contributed by atoms with Gasteiger partial charge in [0.25, 0.3) is 0 Å². The van der Waals surface area contributed by atoms with E-state index in [1.807, 2.05) is 121 Å². The maximum Gasteiger partial charge on any atom is 0.303 e. The van der Waals surface area contributed by atoms with E-state index in [1.54, 1.807) is 0 Å². The van der Waals surface area contributed by atoms with Crippen molar-refractivity contribution in [2.24, 2.45) is 0 Å². The van der Waals surface area contributed by atoms with Crippen LogP contribution in [0, 0.1) is 0 Å². The number of aromatic hydroxyl groups is 1. The van der Waals surface area contributed by atoms with Crippen molar-refractivity contribution in [3.63, 3.8) is 0 Å². The summed E-state index contributed by atoms with van der Waals surface area (Å²) in [5, 5.41) is 24.1. The zero-order valence-corrected chi connectivity index (χ0v) is 51.0. The summed E-state index contributed by atoms with van der Waals surface area (Å²) in [5.74, 6) is -6.62. The Morgan fingerprint density at radius 2 is 0.946 bits per heavy atom. The molecule has 1 aromatic heterocycles. The number of phenolic OH excluding ortho intramolecular Hbond substituents is 1. The Kier molecular flexibility index (Phi) is 22.5. The largest absolute Gasteiger partial charge is 0.507 e. The lowest BCUT2D eigenvalue weighted by molar-refractivity contribution is -0.353. The van der Waals surface area contributed by atoms with Gasteiger partial charge in [0.2, 0.25) is 23.2 Å². The van der Waals surface area contributed by atoms with Crippen LogP contribution < -0.4 is 29.1 Å². The molecule has 7 aromatic rings. The first-order chi connectivity index (χ1) is 44.3. The van der Waals surface area contributed by atoms with Gasteiger partial charge in [0.1, 0.15) is 67.7 Å². The van der Waals surface area contributed by atoms with Gasteiger partial charge in [0, 0.05) is 65.7 Å². The molecule has 9 rings (SSSR count). The molecule has 0 amide bonds. The molecule has 0 aliphatic carbocycles. The monoisotopic (exact) mass is 1270 g/mol. The first kappa shape index (κ1) is 66.4. The van der Waals surface area contributed by atoms with Gasteiger partial charge < -0.3 is 80.9 Å². The second-order valence-corrected chi connectivity index (χ2v) is 21.3. The highest BCUT2D eigenvalue weighted by Crippen LogP contribution is 2.47. The molecule has 0 unspecified atom stereocenters. The molecule has 24 nitrogen and oxygen atoms in total. The van der Waals surface area contributed by atoms with Gasteiger partial charge in [-0.15, -0.1) is 0 Å². The third-order valence-electron chi connectivity index (χ3n) is 14.2. The third kappa shape index (κ3) is 17.5. The number of phenols is 1. The number of aliphatic hydroxyl groups is 1. The van der Waals surface area contributed by atoms with Crippen LogP contribution in [-0.2, 0) is 97.8 Å². The van der Waals surface area contributed by atoms with E-state index in [9.17, 15) is 39.0 Å². The predicted molar refractivity (Wildman–Crippen MR) is 322 cm³/mol. The molecule has 2 saturated heterocycles. The van der Waals surface area contributed by atoms with E-state index in [2.05, 4.69) is 0 Å². The molecule has 24 heteroatoms.